The van der Waals surface area contributed by atoms with Crippen LogP contribution in [-0.4, -0.2) is 50.9 Å². The second-order valence-corrected chi connectivity index (χ2v) is 11.8. The largest absolute Gasteiger partial charge is 0.349 e. The number of hydrogen-bond donors (Lipinski definition) is 2. The van der Waals surface area contributed by atoms with Crippen LogP contribution in [0.25, 0.3) is 11.0 Å². The zero-order chi connectivity index (χ0) is 27.1. The number of hydrogen-bond acceptors (Lipinski definition) is 4. The Morgan fingerprint density at radius 1 is 1.21 bits per heavy atom. The van der Waals surface area contributed by atoms with Crippen LogP contribution in [0.2, 0.25) is 0 Å². The van der Waals surface area contributed by atoms with Gasteiger partial charge >= 0.3 is 0 Å². The minimum absolute atomic E-state index is 0.00474. The van der Waals surface area contributed by atoms with E-state index in [2.05, 4.69) is 32.3 Å². The first-order valence-electron chi connectivity index (χ1n) is 14.4. The molecular formula is C31H38FN5O2. The molecule has 6 rings (SSSR count). The van der Waals surface area contributed by atoms with Crippen molar-refractivity contribution in [2.24, 2.45) is 5.92 Å². The summed E-state index contributed by atoms with van der Waals surface area (Å²) >= 11 is 0. The zero-order valence-electron chi connectivity index (χ0n) is 22.8. The molecule has 0 aliphatic carbocycles. The van der Waals surface area contributed by atoms with Gasteiger partial charge in [-0.3, -0.25) is 9.59 Å². The Balaban J connectivity index is 1.17. The number of benzene rings is 2. The van der Waals surface area contributed by atoms with Crippen molar-refractivity contribution in [1.29, 1.82) is 0 Å². The fraction of sp³-hybridized carbons (Fsp3) is 0.516. The predicted octanol–water partition coefficient (Wildman–Crippen LogP) is 4.82. The summed E-state index contributed by atoms with van der Waals surface area (Å²) in [6.45, 7) is 4.90. The van der Waals surface area contributed by atoms with Crippen molar-refractivity contribution in [3.8, 4) is 0 Å². The van der Waals surface area contributed by atoms with Crippen molar-refractivity contribution >= 4 is 22.8 Å². The van der Waals surface area contributed by atoms with E-state index in [-0.39, 0.29) is 35.1 Å². The van der Waals surface area contributed by atoms with Gasteiger partial charge in [0.05, 0.1) is 23.0 Å². The monoisotopic (exact) mass is 531 g/mol. The number of imidazole rings is 1. The lowest BCUT2D eigenvalue weighted by Gasteiger charge is -2.41. The number of carbonyl (C=O) groups excluding carboxylic acids is 2. The lowest BCUT2D eigenvalue weighted by Crippen LogP contribution is -2.56. The minimum Gasteiger partial charge on any atom is -0.349 e. The lowest BCUT2D eigenvalue weighted by molar-refractivity contribution is -0.143. The predicted molar refractivity (Wildman–Crippen MR) is 149 cm³/mol. The Kier molecular flexibility index (Phi) is 6.91. The number of halogens is 1. The zero-order valence-corrected chi connectivity index (χ0v) is 22.8. The molecule has 0 radical (unpaired) electrons. The van der Waals surface area contributed by atoms with Gasteiger partial charge in [0.2, 0.25) is 11.8 Å². The van der Waals surface area contributed by atoms with Crippen molar-refractivity contribution < 1.29 is 14.0 Å². The van der Waals surface area contributed by atoms with E-state index in [0.717, 1.165) is 60.9 Å². The fourth-order valence-electron chi connectivity index (χ4n) is 7.17. The fourth-order valence-corrected chi connectivity index (χ4v) is 7.17. The van der Waals surface area contributed by atoms with E-state index in [9.17, 15) is 14.0 Å². The molecular weight excluding hydrogens is 493 g/mol. The highest BCUT2D eigenvalue weighted by Gasteiger charge is 2.46. The molecule has 2 amide bonds. The topological polar surface area (TPSA) is 79.3 Å². The summed E-state index contributed by atoms with van der Waals surface area (Å²) in [7, 11) is 0. The molecule has 7 nitrogen and oxygen atoms in total. The number of likely N-dealkylation sites (tertiary alicyclic amines) is 1. The third-order valence-corrected chi connectivity index (χ3v) is 9.20. The molecule has 2 aromatic carbocycles. The molecule has 3 unspecified atom stereocenters. The van der Waals surface area contributed by atoms with Gasteiger partial charge in [-0.1, -0.05) is 37.3 Å². The Morgan fingerprint density at radius 2 is 2.00 bits per heavy atom. The van der Waals surface area contributed by atoms with Crippen LogP contribution in [0.4, 0.5) is 4.39 Å². The molecule has 206 valence electrons. The standard InChI is InChI=1S/C31H38FN5O2/c1-3-29(38)36-18-22(19-36)30(39)34-26(21-7-5-4-6-8-21)12-14-31-13-11-24(35-31)16-25(17-31)37-20(2)33-27-15-23(32)9-10-28(27)37/h4-10,15,22,24-26,35H,3,11-14,16-19H2,1-2H3,(H,34,39)/t24?,25?,26-,31?/m0/s1. The van der Waals surface area contributed by atoms with Crippen molar-refractivity contribution in [2.45, 2.75) is 82.5 Å². The Morgan fingerprint density at radius 3 is 2.77 bits per heavy atom. The first-order chi connectivity index (χ1) is 18.8. The number of rotatable bonds is 8. The van der Waals surface area contributed by atoms with Crippen molar-refractivity contribution in [2.75, 3.05) is 13.1 Å². The number of piperidine rings is 1. The number of aromatic nitrogens is 2. The van der Waals surface area contributed by atoms with Gasteiger partial charge in [0.15, 0.2) is 0 Å². The van der Waals surface area contributed by atoms with E-state index in [4.69, 9.17) is 0 Å². The van der Waals surface area contributed by atoms with Gasteiger partial charge in [-0.25, -0.2) is 9.37 Å². The number of nitrogens with zero attached hydrogens (tertiary/aromatic N) is 3. The van der Waals surface area contributed by atoms with Crippen LogP contribution in [0.5, 0.6) is 0 Å². The molecule has 3 aliphatic rings. The maximum atomic E-state index is 13.9. The van der Waals surface area contributed by atoms with Crippen LogP contribution in [0.3, 0.4) is 0 Å². The van der Waals surface area contributed by atoms with Crippen LogP contribution in [-0.2, 0) is 9.59 Å². The smallest absolute Gasteiger partial charge is 0.227 e. The molecule has 4 heterocycles. The molecule has 3 saturated heterocycles. The molecule has 1 aromatic heterocycles. The summed E-state index contributed by atoms with van der Waals surface area (Å²) in [4.78, 5) is 31.5. The lowest BCUT2D eigenvalue weighted by atomic mass is 9.81. The third-order valence-electron chi connectivity index (χ3n) is 9.20. The first kappa shape index (κ1) is 26.0. The molecule has 2 N–H and O–H groups in total. The molecule has 3 aromatic rings. The highest BCUT2D eigenvalue weighted by molar-refractivity contribution is 5.84. The number of amides is 2. The Bertz CT molecular complexity index is 1370. The molecule has 3 aliphatic heterocycles. The van der Waals surface area contributed by atoms with Gasteiger partial charge in [-0.05, 0) is 63.1 Å². The van der Waals surface area contributed by atoms with E-state index in [0.29, 0.717) is 31.6 Å². The quantitative estimate of drug-likeness (QED) is 0.437. The second kappa shape index (κ2) is 10.4. The third kappa shape index (κ3) is 5.07. The maximum Gasteiger partial charge on any atom is 0.227 e. The highest BCUT2D eigenvalue weighted by Crippen LogP contribution is 2.45. The summed E-state index contributed by atoms with van der Waals surface area (Å²) in [5.41, 5.74) is 2.83. The first-order valence-corrected chi connectivity index (χ1v) is 14.4. The van der Waals surface area contributed by atoms with Crippen LogP contribution in [0, 0.1) is 18.7 Å². The average molecular weight is 532 g/mol. The number of nitrogens with one attached hydrogen (secondary N) is 2. The number of carbonyl (C=O) groups is 2. The van der Waals surface area contributed by atoms with Gasteiger partial charge in [-0.15, -0.1) is 0 Å². The van der Waals surface area contributed by atoms with Crippen LogP contribution in [0.15, 0.2) is 48.5 Å². The van der Waals surface area contributed by atoms with Gasteiger partial charge in [0.1, 0.15) is 11.6 Å². The highest BCUT2D eigenvalue weighted by atomic mass is 19.1. The van der Waals surface area contributed by atoms with E-state index in [1.54, 1.807) is 4.90 Å². The average Bonchev–Trinajstić information content (AvgIpc) is 3.39. The van der Waals surface area contributed by atoms with Crippen LogP contribution < -0.4 is 10.6 Å². The molecule has 39 heavy (non-hydrogen) atoms. The van der Waals surface area contributed by atoms with Crippen molar-refractivity contribution in [3.63, 3.8) is 0 Å². The SMILES string of the molecule is CCC(=O)N1CC(C(=O)N[C@@H](CCC23CCC(CC(n4c(C)nc5cc(F)ccc54)C2)N3)c2ccccc2)C1. The van der Waals surface area contributed by atoms with Gasteiger partial charge in [-0.2, -0.15) is 0 Å². The second-order valence-electron chi connectivity index (χ2n) is 11.8. The molecule has 0 spiro atoms. The van der Waals surface area contributed by atoms with Gasteiger partial charge < -0.3 is 20.1 Å². The Hall–Kier alpha value is -3.26. The molecule has 0 saturated carbocycles. The van der Waals surface area contributed by atoms with E-state index in [1.807, 2.05) is 38.1 Å². The summed E-state index contributed by atoms with van der Waals surface area (Å²) < 4.78 is 16.2. The van der Waals surface area contributed by atoms with E-state index >= 15 is 0 Å². The molecule has 2 bridgehead atoms. The molecule has 3 fully saturated rings. The molecule has 8 heteroatoms. The van der Waals surface area contributed by atoms with Crippen molar-refractivity contribution in [3.05, 3.63) is 65.7 Å². The summed E-state index contributed by atoms with van der Waals surface area (Å²) in [5, 5.41) is 7.28. The summed E-state index contributed by atoms with van der Waals surface area (Å²) in [6, 6.07) is 15.8. The number of fused-ring (bicyclic) bond motifs is 3. The van der Waals surface area contributed by atoms with Crippen LogP contribution in [0.1, 0.15) is 75.3 Å². The van der Waals surface area contributed by atoms with Crippen LogP contribution >= 0.6 is 0 Å². The summed E-state index contributed by atoms with van der Waals surface area (Å²) in [5.74, 6) is 0.683. The Labute approximate surface area is 229 Å². The minimum atomic E-state index is -0.255. The van der Waals surface area contributed by atoms with E-state index < -0.39 is 0 Å². The molecule has 4 atom stereocenters. The normalized spacial score (nSPS) is 25.5. The van der Waals surface area contributed by atoms with Gasteiger partial charge in [0, 0.05) is 43.2 Å². The maximum absolute atomic E-state index is 13.9. The number of aryl methyl sites for hydroxylation is 1. The van der Waals surface area contributed by atoms with E-state index in [1.165, 1.54) is 12.1 Å². The summed E-state index contributed by atoms with van der Waals surface area (Å²) in [6.07, 6.45) is 6.54. The van der Waals surface area contributed by atoms with Crippen molar-refractivity contribution in [1.82, 2.24) is 25.1 Å². The van der Waals surface area contributed by atoms with Gasteiger partial charge in [0.25, 0.3) is 0 Å².